The van der Waals surface area contributed by atoms with E-state index in [-0.39, 0.29) is 11.4 Å². The van der Waals surface area contributed by atoms with Gasteiger partial charge < -0.3 is 10.1 Å². The lowest BCUT2D eigenvalue weighted by molar-refractivity contribution is -0.128. The number of carbonyl (C=O) groups excluding carboxylic acids is 1. The zero-order chi connectivity index (χ0) is 13.9. The number of benzene rings is 1. The average Bonchev–Trinajstić information content (AvgIpc) is 2.21. The molecule has 0 heterocycles. The topological polar surface area (TPSA) is 38.3 Å². The molecule has 0 aliphatic carbocycles. The van der Waals surface area contributed by atoms with Crippen molar-refractivity contribution in [3.05, 3.63) is 29.3 Å². The molecule has 1 N–H and O–H groups in total. The maximum atomic E-state index is 11.9. The van der Waals surface area contributed by atoms with Gasteiger partial charge in [0.15, 0.2) is 6.10 Å². The van der Waals surface area contributed by atoms with Gasteiger partial charge in [0.2, 0.25) is 0 Å². The predicted octanol–water partition coefficient (Wildman–Crippen LogP) is 2.99. The second-order valence-corrected chi connectivity index (χ2v) is 5.77. The van der Waals surface area contributed by atoms with Crippen LogP contribution < -0.4 is 10.1 Å². The molecule has 1 amide bonds. The van der Waals surface area contributed by atoms with Gasteiger partial charge in [-0.1, -0.05) is 12.1 Å². The van der Waals surface area contributed by atoms with Crippen molar-refractivity contribution >= 4 is 5.91 Å². The van der Waals surface area contributed by atoms with Crippen molar-refractivity contribution in [1.82, 2.24) is 5.32 Å². The van der Waals surface area contributed by atoms with E-state index in [1.165, 1.54) is 0 Å². The van der Waals surface area contributed by atoms with Gasteiger partial charge in [0.05, 0.1) is 0 Å². The molecule has 0 radical (unpaired) electrons. The summed E-state index contributed by atoms with van der Waals surface area (Å²) in [5.41, 5.74) is 1.92. The lowest BCUT2D eigenvalue weighted by atomic mass is 10.1. The Labute approximate surface area is 110 Å². The van der Waals surface area contributed by atoms with Gasteiger partial charge in [-0.25, -0.2) is 0 Å². The minimum Gasteiger partial charge on any atom is -0.481 e. The van der Waals surface area contributed by atoms with E-state index >= 15 is 0 Å². The predicted molar refractivity (Wildman–Crippen MR) is 73.9 cm³/mol. The van der Waals surface area contributed by atoms with Gasteiger partial charge in [-0.3, -0.25) is 4.79 Å². The van der Waals surface area contributed by atoms with Crippen LogP contribution in [0.1, 0.15) is 38.8 Å². The zero-order valence-corrected chi connectivity index (χ0v) is 12.1. The monoisotopic (exact) mass is 249 g/mol. The summed E-state index contributed by atoms with van der Waals surface area (Å²) < 4.78 is 5.72. The number of aryl methyl sites for hydroxylation is 2. The number of carbonyl (C=O) groups is 1. The van der Waals surface area contributed by atoms with Crippen LogP contribution >= 0.6 is 0 Å². The molecule has 3 nitrogen and oxygen atoms in total. The zero-order valence-electron chi connectivity index (χ0n) is 12.1. The number of amides is 1. The fraction of sp³-hybridized carbons (Fsp3) is 0.533. The highest BCUT2D eigenvalue weighted by Gasteiger charge is 2.20. The summed E-state index contributed by atoms with van der Waals surface area (Å²) in [5.74, 6) is 0.676. The summed E-state index contributed by atoms with van der Waals surface area (Å²) in [6, 6.07) is 5.98. The number of rotatable bonds is 3. The van der Waals surface area contributed by atoms with Gasteiger partial charge in [-0.15, -0.1) is 0 Å². The third-order valence-corrected chi connectivity index (χ3v) is 2.51. The molecule has 1 aromatic rings. The largest absolute Gasteiger partial charge is 0.481 e. The van der Waals surface area contributed by atoms with Crippen molar-refractivity contribution in [3.63, 3.8) is 0 Å². The van der Waals surface area contributed by atoms with Crippen molar-refractivity contribution < 1.29 is 9.53 Å². The Balaban J connectivity index is 2.72. The standard InChI is InChI=1S/C15H23NO2/c1-10-7-8-11(2)13(9-10)18-12(3)14(17)16-15(4,5)6/h7-9,12H,1-6H3,(H,16,17). The molecule has 0 fully saturated rings. The van der Waals surface area contributed by atoms with Crippen LogP contribution in [0.3, 0.4) is 0 Å². The van der Waals surface area contributed by atoms with E-state index in [9.17, 15) is 4.79 Å². The van der Waals surface area contributed by atoms with Gasteiger partial charge in [-0.2, -0.15) is 0 Å². The average molecular weight is 249 g/mol. The molecule has 1 unspecified atom stereocenters. The molecule has 0 spiro atoms. The first-order valence-corrected chi connectivity index (χ1v) is 6.25. The molecule has 18 heavy (non-hydrogen) atoms. The fourth-order valence-corrected chi connectivity index (χ4v) is 1.55. The van der Waals surface area contributed by atoms with E-state index in [1.807, 2.05) is 52.8 Å². The molecule has 1 atom stereocenters. The molecular formula is C15H23NO2. The lowest BCUT2D eigenvalue weighted by Crippen LogP contribution is -2.46. The van der Waals surface area contributed by atoms with Gasteiger partial charge in [0.25, 0.3) is 5.91 Å². The Hall–Kier alpha value is -1.51. The quantitative estimate of drug-likeness (QED) is 0.894. The molecular weight excluding hydrogens is 226 g/mol. The number of ether oxygens (including phenoxy) is 1. The molecule has 3 heteroatoms. The first kappa shape index (κ1) is 14.6. The number of nitrogens with one attached hydrogen (secondary N) is 1. The highest BCUT2D eigenvalue weighted by molar-refractivity contribution is 5.81. The maximum absolute atomic E-state index is 11.9. The van der Waals surface area contributed by atoms with Crippen molar-refractivity contribution in [2.24, 2.45) is 0 Å². The molecule has 100 valence electrons. The molecule has 1 aromatic carbocycles. The van der Waals surface area contributed by atoms with Crippen LogP contribution in [0.2, 0.25) is 0 Å². The smallest absolute Gasteiger partial charge is 0.261 e. The summed E-state index contributed by atoms with van der Waals surface area (Å²) >= 11 is 0. The van der Waals surface area contributed by atoms with E-state index in [1.54, 1.807) is 6.92 Å². The SMILES string of the molecule is Cc1ccc(C)c(OC(C)C(=O)NC(C)(C)C)c1. The lowest BCUT2D eigenvalue weighted by Gasteiger charge is -2.24. The van der Waals surface area contributed by atoms with Crippen LogP contribution in [0.15, 0.2) is 18.2 Å². The van der Waals surface area contributed by atoms with Crippen molar-refractivity contribution in [1.29, 1.82) is 0 Å². The third kappa shape index (κ3) is 4.40. The Kier molecular flexibility index (Phi) is 4.38. The Morgan fingerprint density at radius 3 is 2.44 bits per heavy atom. The Morgan fingerprint density at radius 2 is 1.89 bits per heavy atom. The second-order valence-electron chi connectivity index (χ2n) is 5.77. The molecule has 0 aromatic heterocycles. The van der Waals surface area contributed by atoms with Crippen molar-refractivity contribution in [3.8, 4) is 5.75 Å². The number of hydrogen-bond acceptors (Lipinski definition) is 2. The highest BCUT2D eigenvalue weighted by Crippen LogP contribution is 2.20. The number of hydrogen-bond donors (Lipinski definition) is 1. The minimum atomic E-state index is -0.496. The van der Waals surface area contributed by atoms with E-state index < -0.39 is 6.10 Å². The summed E-state index contributed by atoms with van der Waals surface area (Å²) in [6.45, 7) is 11.6. The van der Waals surface area contributed by atoms with Gasteiger partial charge in [0.1, 0.15) is 5.75 Å². The van der Waals surface area contributed by atoms with Crippen LogP contribution in [-0.4, -0.2) is 17.6 Å². The molecule has 0 aliphatic heterocycles. The fourth-order valence-electron chi connectivity index (χ4n) is 1.55. The first-order valence-electron chi connectivity index (χ1n) is 6.25. The van der Waals surface area contributed by atoms with Crippen molar-refractivity contribution in [2.45, 2.75) is 53.2 Å². The summed E-state index contributed by atoms with van der Waals surface area (Å²) in [6.07, 6.45) is -0.496. The minimum absolute atomic E-state index is 0.0941. The third-order valence-electron chi connectivity index (χ3n) is 2.51. The van der Waals surface area contributed by atoms with Gasteiger partial charge in [0, 0.05) is 5.54 Å². The first-order chi connectivity index (χ1) is 8.19. The van der Waals surface area contributed by atoms with E-state index in [0.29, 0.717) is 0 Å². The molecule has 0 aliphatic rings. The Morgan fingerprint density at radius 1 is 1.28 bits per heavy atom. The summed E-state index contributed by atoms with van der Waals surface area (Å²) in [7, 11) is 0. The molecule has 0 saturated carbocycles. The molecule has 0 bridgehead atoms. The van der Waals surface area contributed by atoms with Crippen LogP contribution in [0, 0.1) is 13.8 Å². The van der Waals surface area contributed by atoms with Crippen LogP contribution in [0.4, 0.5) is 0 Å². The van der Waals surface area contributed by atoms with Gasteiger partial charge >= 0.3 is 0 Å². The normalized spacial score (nSPS) is 13.0. The molecule has 0 saturated heterocycles. The van der Waals surface area contributed by atoms with Gasteiger partial charge in [-0.05, 0) is 58.7 Å². The van der Waals surface area contributed by atoms with E-state index in [0.717, 1.165) is 16.9 Å². The maximum Gasteiger partial charge on any atom is 0.261 e. The summed E-state index contributed by atoms with van der Waals surface area (Å²) in [5, 5.41) is 2.91. The van der Waals surface area contributed by atoms with Crippen LogP contribution in [0.25, 0.3) is 0 Å². The van der Waals surface area contributed by atoms with Crippen LogP contribution in [-0.2, 0) is 4.79 Å². The van der Waals surface area contributed by atoms with Crippen LogP contribution in [0.5, 0.6) is 5.75 Å². The highest BCUT2D eigenvalue weighted by atomic mass is 16.5. The Bertz CT molecular complexity index is 433. The molecule has 1 rings (SSSR count). The summed E-state index contributed by atoms with van der Waals surface area (Å²) in [4.78, 5) is 11.9. The van der Waals surface area contributed by atoms with E-state index in [4.69, 9.17) is 4.74 Å². The van der Waals surface area contributed by atoms with Crippen molar-refractivity contribution in [2.75, 3.05) is 0 Å². The van der Waals surface area contributed by atoms with E-state index in [2.05, 4.69) is 5.32 Å². The second kappa shape index (κ2) is 5.42.